The molecule has 1 fully saturated rings. The van der Waals surface area contributed by atoms with Gasteiger partial charge < -0.3 is 10.6 Å². The second-order valence-electron chi connectivity index (χ2n) is 6.14. The first kappa shape index (κ1) is 15.5. The fourth-order valence-corrected chi connectivity index (χ4v) is 3.04. The van der Waals surface area contributed by atoms with Crippen molar-refractivity contribution < 1.29 is 4.79 Å². The topological polar surface area (TPSA) is 46.3 Å². The third-order valence-corrected chi connectivity index (χ3v) is 4.16. The summed E-state index contributed by atoms with van der Waals surface area (Å²) in [6.07, 6.45) is 6.79. The zero-order valence-corrected chi connectivity index (χ0v) is 12.4. The quantitative estimate of drug-likeness (QED) is 0.767. The molecule has 0 aromatic carbocycles. The second kappa shape index (κ2) is 7.13. The molecule has 18 heavy (non-hydrogen) atoms. The van der Waals surface area contributed by atoms with Gasteiger partial charge in [-0.1, -0.05) is 39.5 Å². The van der Waals surface area contributed by atoms with E-state index in [0.29, 0.717) is 18.4 Å². The summed E-state index contributed by atoms with van der Waals surface area (Å²) in [5.41, 5.74) is 5.72. The van der Waals surface area contributed by atoms with Gasteiger partial charge in [-0.25, -0.2) is 0 Å². The first-order valence-electron chi connectivity index (χ1n) is 7.55. The molecule has 0 spiro atoms. The predicted molar refractivity (Wildman–Crippen MR) is 76.3 cm³/mol. The number of amides is 1. The van der Waals surface area contributed by atoms with Gasteiger partial charge in [0.25, 0.3) is 0 Å². The Morgan fingerprint density at radius 1 is 1.22 bits per heavy atom. The molecular weight excluding hydrogens is 224 g/mol. The lowest BCUT2D eigenvalue weighted by molar-refractivity contribution is -0.143. The Morgan fingerprint density at radius 3 is 2.17 bits per heavy atom. The molecule has 0 aromatic heterocycles. The normalized spacial score (nSPS) is 19.6. The van der Waals surface area contributed by atoms with Crippen LogP contribution in [0.5, 0.6) is 0 Å². The van der Waals surface area contributed by atoms with E-state index in [-0.39, 0.29) is 5.41 Å². The summed E-state index contributed by atoms with van der Waals surface area (Å²) in [7, 11) is 0. The standard InChI is InChI=1S/C15H30N2O/c1-4-17(11-13(2)3)14(18)15(12-16)9-7-5-6-8-10-15/h13H,4-12,16H2,1-3H3. The lowest BCUT2D eigenvalue weighted by Crippen LogP contribution is -2.49. The summed E-state index contributed by atoms with van der Waals surface area (Å²) in [5, 5.41) is 0. The van der Waals surface area contributed by atoms with E-state index in [2.05, 4.69) is 20.8 Å². The average molecular weight is 254 g/mol. The van der Waals surface area contributed by atoms with Gasteiger partial charge in [0, 0.05) is 19.6 Å². The lowest BCUT2D eigenvalue weighted by atomic mass is 9.79. The smallest absolute Gasteiger partial charge is 0.230 e. The largest absolute Gasteiger partial charge is 0.342 e. The van der Waals surface area contributed by atoms with Crippen molar-refractivity contribution in [3.05, 3.63) is 0 Å². The Labute approximate surface area is 112 Å². The number of nitrogens with two attached hydrogens (primary N) is 1. The Kier molecular flexibility index (Phi) is 6.13. The van der Waals surface area contributed by atoms with E-state index in [1.54, 1.807) is 0 Å². The summed E-state index contributed by atoms with van der Waals surface area (Å²) >= 11 is 0. The summed E-state index contributed by atoms with van der Waals surface area (Å²) in [6.45, 7) is 8.58. The van der Waals surface area contributed by atoms with E-state index in [4.69, 9.17) is 5.73 Å². The first-order valence-corrected chi connectivity index (χ1v) is 7.55. The van der Waals surface area contributed by atoms with Crippen LogP contribution in [-0.2, 0) is 4.79 Å². The van der Waals surface area contributed by atoms with Crippen LogP contribution < -0.4 is 5.73 Å². The number of carbonyl (C=O) groups excluding carboxylic acids is 1. The second-order valence-corrected chi connectivity index (χ2v) is 6.14. The van der Waals surface area contributed by atoms with Crippen molar-refractivity contribution in [2.45, 2.75) is 59.3 Å². The van der Waals surface area contributed by atoms with Crippen LogP contribution in [0.15, 0.2) is 0 Å². The first-order chi connectivity index (χ1) is 8.55. The van der Waals surface area contributed by atoms with E-state index in [9.17, 15) is 4.79 Å². The van der Waals surface area contributed by atoms with Gasteiger partial charge in [0.15, 0.2) is 0 Å². The van der Waals surface area contributed by atoms with Gasteiger partial charge in [0.1, 0.15) is 0 Å². The molecule has 1 rings (SSSR count). The minimum atomic E-state index is -0.262. The van der Waals surface area contributed by atoms with Crippen molar-refractivity contribution in [3.63, 3.8) is 0 Å². The summed E-state index contributed by atoms with van der Waals surface area (Å²) in [4.78, 5) is 14.8. The van der Waals surface area contributed by atoms with Crippen LogP contribution in [0.2, 0.25) is 0 Å². The van der Waals surface area contributed by atoms with Gasteiger partial charge >= 0.3 is 0 Å². The maximum absolute atomic E-state index is 12.8. The van der Waals surface area contributed by atoms with Gasteiger partial charge in [-0.05, 0) is 25.7 Å². The molecule has 1 amide bonds. The zero-order chi connectivity index (χ0) is 13.6. The van der Waals surface area contributed by atoms with Crippen LogP contribution in [0.4, 0.5) is 0 Å². The molecule has 2 N–H and O–H groups in total. The maximum Gasteiger partial charge on any atom is 0.230 e. The third kappa shape index (κ3) is 3.71. The van der Waals surface area contributed by atoms with Gasteiger partial charge in [-0.2, -0.15) is 0 Å². The molecule has 0 radical (unpaired) electrons. The molecular formula is C15H30N2O. The van der Waals surface area contributed by atoms with Gasteiger partial charge in [0.05, 0.1) is 5.41 Å². The van der Waals surface area contributed by atoms with E-state index in [0.717, 1.165) is 38.8 Å². The minimum Gasteiger partial charge on any atom is -0.342 e. The van der Waals surface area contributed by atoms with Crippen LogP contribution in [0, 0.1) is 11.3 Å². The van der Waals surface area contributed by atoms with Gasteiger partial charge in [-0.15, -0.1) is 0 Å². The van der Waals surface area contributed by atoms with E-state index >= 15 is 0 Å². The Morgan fingerprint density at radius 2 is 1.78 bits per heavy atom. The van der Waals surface area contributed by atoms with E-state index in [1.807, 2.05) is 4.90 Å². The fraction of sp³-hybridized carbons (Fsp3) is 0.933. The molecule has 3 nitrogen and oxygen atoms in total. The summed E-state index contributed by atoms with van der Waals surface area (Å²) in [6, 6.07) is 0. The number of rotatable bonds is 5. The molecule has 106 valence electrons. The van der Waals surface area contributed by atoms with Gasteiger partial charge in [0.2, 0.25) is 5.91 Å². The molecule has 0 atom stereocenters. The van der Waals surface area contributed by atoms with Crippen LogP contribution in [-0.4, -0.2) is 30.4 Å². The number of nitrogens with zero attached hydrogens (tertiary/aromatic N) is 1. The number of hydrogen-bond donors (Lipinski definition) is 1. The predicted octanol–water partition coefficient (Wildman–Crippen LogP) is 2.79. The molecule has 1 aliphatic rings. The highest BCUT2D eigenvalue weighted by molar-refractivity contribution is 5.83. The van der Waals surface area contributed by atoms with Crippen molar-refractivity contribution >= 4 is 5.91 Å². The monoisotopic (exact) mass is 254 g/mol. The Balaban J connectivity index is 2.80. The molecule has 0 bridgehead atoms. The highest BCUT2D eigenvalue weighted by atomic mass is 16.2. The van der Waals surface area contributed by atoms with Crippen molar-refractivity contribution in [3.8, 4) is 0 Å². The van der Waals surface area contributed by atoms with Crippen molar-refractivity contribution in [1.29, 1.82) is 0 Å². The highest BCUT2D eigenvalue weighted by Crippen LogP contribution is 2.36. The zero-order valence-electron chi connectivity index (χ0n) is 12.4. The molecule has 0 unspecified atom stereocenters. The SMILES string of the molecule is CCN(CC(C)C)C(=O)C1(CN)CCCCCC1. The molecule has 3 heteroatoms. The van der Waals surface area contributed by atoms with Crippen molar-refractivity contribution in [2.24, 2.45) is 17.1 Å². The maximum atomic E-state index is 12.8. The highest BCUT2D eigenvalue weighted by Gasteiger charge is 2.39. The fourth-order valence-electron chi connectivity index (χ4n) is 3.04. The molecule has 0 aromatic rings. The Hall–Kier alpha value is -0.570. The Bertz CT molecular complexity index is 255. The molecule has 1 saturated carbocycles. The number of hydrogen-bond acceptors (Lipinski definition) is 2. The molecule has 1 aliphatic carbocycles. The van der Waals surface area contributed by atoms with Crippen LogP contribution in [0.3, 0.4) is 0 Å². The third-order valence-electron chi connectivity index (χ3n) is 4.16. The summed E-state index contributed by atoms with van der Waals surface area (Å²) in [5.74, 6) is 0.831. The van der Waals surface area contributed by atoms with Gasteiger partial charge in [-0.3, -0.25) is 4.79 Å². The van der Waals surface area contributed by atoms with Crippen molar-refractivity contribution in [2.75, 3.05) is 19.6 Å². The number of carbonyl (C=O) groups is 1. The van der Waals surface area contributed by atoms with E-state index < -0.39 is 0 Å². The van der Waals surface area contributed by atoms with Crippen molar-refractivity contribution in [1.82, 2.24) is 4.90 Å². The summed E-state index contributed by atoms with van der Waals surface area (Å²) < 4.78 is 0. The van der Waals surface area contributed by atoms with Crippen LogP contribution in [0.1, 0.15) is 59.3 Å². The van der Waals surface area contributed by atoms with E-state index in [1.165, 1.54) is 12.8 Å². The minimum absolute atomic E-state index is 0.262. The van der Waals surface area contributed by atoms with Crippen LogP contribution in [0.25, 0.3) is 0 Å². The average Bonchev–Trinajstić information content (AvgIpc) is 2.61. The molecule has 0 aliphatic heterocycles. The lowest BCUT2D eigenvalue weighted by Gasteiger charge is -2.36. The van der Waals surface area contributed by atoms with Crippen LogP contribution >= 0.6 is 0 Å². The molecule has 0 heterocycles. The molecule has 0 saturated heterocycles.